The van der Waals surface area contributed by atoms with Crippen molar-refractivity contribution in [3.05, 3.63) is 11.6 Å². The van der Waals surface area contributed by atoms with Crippen molar-refractivity contribution < 1.29 is 4.21 Å². The highest BCUT2D eigenvalue weighted by atomic mass is 32.2. The van der Waals surface area contributed by atoms with Crippen LogP contribution in [0.1, 0.15) is 39.5 Å². The van der Waals surface area contributed by atoms with Crippen molar-refractivity contribution >= 4 is 10.8 Å². The molecular weight excluding hydrogens is 242 g/mol. The molecule has 2 nitrogen and oxygen atoms in total. The number of allylic oxidation sites excluding steroid dienone is 1. The molecule has 104 valence electrons. The van der Waals surface area contributed by atoms with E-state index < -0.39 is 10.8 Å². The summed E-state index contributed by atoms with van der Waals surface area (Å²) in [5.74, 6) is 3.36. The van der Waals surface area contributed by atoms with Crippen LogP contribution in [0.2, 0.25) is 0 Å². The summed E-state index contributed by atoms with van der Waals surface area (Å²) in [6.45, 7) is 5.87. The van der Waals surface area contributed by atoms with E-state index in [0.717, 1.165) is 36.2 Å². The van der Waals surface area contributed by atoms with Crippen LogP contribution in [0.25, 0.3) is 0 Å². The van der Waals surface area contributed by atoms with Crippen molar-refractivity contribution in [3.63, 3.8) is 0 Å². The molecule has 1 aliphatic carbocycles. The number of nitrogens with zero attached hydrogens (tertiary/aromatic N) is 1. The fourth-order valence-corrected chi connectivity index (χ4v) is 4.65. The Balaban J connectivity index is 1.90. The third kappa shape index (κ3) is 3.45. The maximum absolute atomic E-state index is 11.4. The summed E-state index contributed by atoms with van der Waals surface area (Å²) >= 11 is 0. The molecule has 18 heavy (non-hydrogen) atoms. The Hall–Kier alpha value is -0.150. The second-order valence-electron chi connectivity index (χ2n) is 6.13. The van der Waals surface area contributed by atoms with Gasteiger partial charge in [0.05, 0.1) is 0 Å². The van der Waals surface area contributed by atoms with Gasteiger partial charge in [-0.1, -0.05) is 18.6 Å². The van der Waals surface area contributed by atoms with Crippen molar-refractivity contribution in [1.29, 1.82) is 0 Å². The Morgan fingerprint density at radius 3 is 2.61 bits per heavy atom. The van der Waals surface area contributed by atoms with E-state index in [0.29, 0.717) is 6.04 Å². The van der Waals surface area contributed by atoms with Gasteiger partial charge in [0.15, 0.2) is 0 Å². The summed E-state index contributed by atoms with van der Waals surface area (Å²) in [5.41, 5.74) is 1.58. The molecule has 3 heteroatoms. The molecule has 0 radical (unpaired) electrons. The minimum atomic E-state index is -0.536. The van der Waals surface area contributed by atoms with Crippen molar-refractivity contribution in [2.75, 3.05) is 25.1 Å². The van der Waals surface area contributed by atoms with Crippen molar-refractivity contribution in [2.45, 2.75) is 45.6 Å². The summed E-state index contributed by atoms with van der Waals surface area (Å²) in [5, 5.41) is 0. The fraction of sp³-hybridized carbons (Fsp3) is 0.867. The van der Waals surface area contributed by atoms with Gasteiger partial charge in [-0.25, -0.2) is 0 Å². The van der Waals surface area contributed by atoms with Crippen LogP contribution < -0.4 is 0 Å². The predicted octanol–water partition coefficient (Wildman–Crippen LogP) is 2.82. The van der Waals surface area contributed by atoms with E-state index in [9.17, 15) is 4.21 Å². The van der Waals surface area contributed by atoms with Gasteiger partial charge in [-0.3, -0.25) is 4.21 Å². The minimum Gasteiger partial charge on any atom is -0.303 e. The van der Waals surface area contributed by atoms with E-state index >= 15 is 0 Å². The van der Waals surface area contributed by atoms with Crippen LogP contribution in [-0.2, 0) is 10.8 Å². The van der Waals surface area contributed by atoms with Crippen LogP contribution in [0.5, 0.6) is 0 Å². The van der Waals surface area contributed by atoms with Gasteiger partial charge in [-0.2, -0.15) is 0 Å². The topological polar surface area (TPSA) is 20.3 Å². The van der Waals surface area contributed by atoms with Gasteiger partial charge in [0.2, 0.25) is 0 Å². The van der Waals surface area contributed by atoms with Gasteiger partial charge in [0, 0.05) is 34.9 Å². The first-order valence-electron chi connectivity index (χ1n) is 7.29. The van der Waals surface area contributed by atoms with Gasteiger partial charge in [0.25, 0.3) is 0 Å². The van der Waals surface area contributed by atoms with Gasteiger partial charge in [-0.15, -0.1) is 0 Å². The molecular formula is C15H27NOS. The molecule has 2 atom stereocenters. The van der Waals surface area contributed by atoms with E-state index in [4.69, 9.17) is 0 Å². The van der Waals surface area contributed by atoms with Crippen LogP contribution in [0.4, 0.5) is 0 Å². The Bertz CT molecular complexity index is 329. The fourth-order valence-electron chi connectivity index (χ4n) is 3.38. The van der Waals surface area contributed by atoms with E-state index in [2.05, 4.69) is 31.9 Å². The van der Waals surface area contributed by atoms with Crippen molar-refractivity contribution in [1.82, 2.24) is 4.90 Å². The zero-order valence-corrected chi connectivity index (χ0v) is 12.8. The Morgan fingerprint density at radius 2 is 2.00 bits per heavy atom. The lowest BCUT2D eigenvalue weighted by Gasteiger charge is -2.37. The maximum Gasteiger partial charge on any atom is 0.0249 e. The maximum atomic E-state index is 11.4. The largest absolute Gasteiger partial charge is 0.303 e. The van der Waals surface area contributed by atoms with Crippen LogP contribution in [0.3, 0.4) is 0 Å². The Labute approximate surface area is 114 Å². The zero-order chi connectivity index (χ0) is 13.1. The summed E-state index contributed by atoms with van der Waals surface area (Å²) < 4.78 is 11.4. The average Bonchev–Trinajstić information content (AvgIpc) is 2.34. The van der Waals surface area contributed by atoms with Crippen molar-refractivity contribution in [3.8, 4) is 0 Å². The second kappa shape index (κ2) is 6.33. The molecule has 0 spiro atoms. The normalized spacial score (nSPS) is 37.7. The quantitative estimate of drug-likeness (QED) is 0.734. The molecule has 0 aromatic heterocycles. The molecule has 1 fully saturated rings. The first-order chi connectivity index (χ1) is 8.58. The highest BCUT2D eigenvalue weighted by Gasteiger charge is 2.27. The van der Waals surface area contributed by atoms with E-state index in [1.165, 1.54) is 19.4 Å². The summed E-state index contributed by atoms with van der Waals surface area (Å²) in [4.78, 5) is 2.53. The molecule has 1 aliphatic heterocycles. The van der Waals surface area contributed by atoms with E-state index in [1.807, 2.05) is 0 Å². The lowest BCUT2D eigenvalue weighted by Crippen LogP contribution is -2.41. The molecule has 0 bridgehead atoms. The van der Waals surface area contributed by atoms with Gasteiger partial charge >= 0.3 is 0 Å². The van der Waals surface area contributed by atoms with E-state index in [1.54, 1.807) is 5.57 Å². The van der Waals surface area contributed by atoms with Crippen LogP contribution >= 0.6 is 0 Å². The molecule has 0 aromatic carbocycles. The van der Waals surface area contributed by atoms with Gasteiger partial charge in [-0.05, 0) is 51.5 Å². The molecule has 1 heterocycles. The lowest BCUT2D eigenvalue weighted by atomic mass is 9.79. The molecule has 1 saturated heterocycles. The summed E-state index contributed by atoms with van der Waals surface area (Å²) in [6.07, 6.45) is 7.26. The standard InChI is InChI=1S/C15H27NOS/c1-12-5-4-6-13(2)15(12)11-16(3)14-7-9-18(17)10-8-14/h5,13-15H,4,6-11H2,1-3H3/t13-,14?,15-,18?/m1/s1. The highest BCUT2D eigenvalue weighted by Crippen LogP contribution is 2.31. The van der Waals surface area contributed by atoms with Crippen LogP contribution in [0, 0.1) is 11.8 Å². The monoisotopic (exact) mass is 269 g/mol. The van der Waals surface area contributed by atoms with E-state index in [-0.39, 0.29) is 0 Å². The minimum absolute atomic E-state index is 0.536. The van der Waals surface area contributed by atoms with Crippen LogP contribution in [-0.4, -0.2) is 40.2 Å². The Morgan fingerprint density at radius 1 is 1.33 bits per heavy atom. The third-order valence-corrected chi connectivity index (χ3v) is 6.21. The highest BCUT2D eigenvalue weighted by molar-refractivity contribution is 7.85. The first kappa shape index (κ1) is 14.3. The summed E-state index contributed by atoms with van der Waals surface area (Å²) in [7, 11) is 1.72. The smallest absolute Gasteiger partial charge is 0.0249 e. The third-order valence-electron chi connectivity index (χ3n) is 4.83. The molecule has 0 N–H and O–H groups in total. The van der Waals surface area contributed by atoms with Gasteiger partial charge in [0.1, 0.15) is 0 Å². The molecule has 0 saturated carbocycles. The number of hydrogen-bond acceptors (Lipinski definition) is 2. The molecule has 2 rings (SSSR count). The van der Waals surface area contributed by atoms with Gasteiger partial charge < -0.3 is 4.90 Å². The average molecular weight is 269 g/mol. The molecule has 0 aromatic rings. The Kier molecular flexibility index (Phi) is 5.02. The zero-order valence-electron chi connectivity index (χ0n) is 12.0. The lowest BCUT2D eigenvalue weighted by molar-refractivity contribution is 0.177. The molecule has 0 amide bonds. The second-order valence-corrected chi connectivity index (χ2v) is 7.82. The van der Waals surface area contributed by atoms with Crippen LogP contribution in [0.15, 0.2) is 11.6 Å². The predicted molar refractivity (Wildman–Crippen MR) is 79.2 cm³/mol. The SMILES string of the molecule is CC1=CCC[C@@H](C)[C@@H]1CN(C)C1CCS(=O)CC1. The summed E-state index contributed by atoms with van der Waals surface area (Å²) in [6, 6.07) is 0.657. The number of hydrogen-bond donors (Lipinski definition) is 0. The molecule has 2 aliphatic rings. The van der Waals surface area contributed by atoms with Crippen molar-refractivity contribution in [2.24, 2.45) is 11.8 Å². The molecule has 0 unspecified atom stereocenters. The first-order valence-corrected chi connectivity index (χ1v) is 8.78. The number of rotatable bonds is 3.